The summed E-state index contributed by atoms with van der Waals surface area (Å²) in [5, 5.41) is 2.03. The number of fused-ring (bicyclic) bond motifs is 1. The third-order valence-electron chi connectivity index (χ3n) is 3.75. The lowest BCUT2D eigenvalue weighted by Gasteiger charge is -2.12. The maximum Gasteiger partial charge on any atom is 0.0648 e. The van der Waals surface area contributed by atoms with Crippen molar-refractivity contribution >= 4 is 22.5 Å². The van der Waals surface area contributed by atoms with Gasteiger partial charge in [0.15, 0.2) is 0 Å². The highest BCUT2D eigenvalue weighted by atomic mass is 35.5. The van der Waals surface area contributed by atoms with Crippen LogP contribution in [0.1, 0.15) is 24.1 Å². The van der Waals surface area contributed by atoms with Crippen molar-refractivity contribution in [2.24, 2.45) is 5.73 Å². The zero-order valence-electron chi connectivity index (χ0n) is 9.31. The van der Waals surface area contributed by atoms with Gasteiger partial charge in [0.1, 0.15) is 0 Å². The zero-order valence-corrected chi connectivity index (χ0v) is 10.1. The summed E-state index contributed by atoms with van der Waals surface area (Å²) >= 11 is 6.19. The minimum atomic E-state index is 0.215. The fourth-order valence-corrected chi connectivity index (χ4v) is 2.92. The third-order valence-corrected chi connectivity index (χ3v) is 4.06. The van der Waals surface area contributed by atoms with Crippen LogP contribution in [-0.4, -0.2) is 11.5 Å². The SMILES string of the molecule is Cc1[nH]c2c(Cl)cccc2c1C1(CN)CC1. The smallest absolute Gasteiger partial charge is 0.0648 e. The van der Waals surface area contributed by atoms with Crippen LogP contribution < -0.4 is 5.73 Å². The molecular weight excluding hydrogens is 220 g/mol. The maximum atomic E-state index is 6.19. The Balaban J connectivity index is 2.32. The lowest BCUT2D eigenvalue weighted by atomic mass is 9.93. The predicted molar refractivity (Wildman–Crippen MR) is 68.0 cm³/mol. The Morgan fingerprint density at radius 3 is 2.81 bits per heavy atom. The average Bonchev–Trinajstić information content (AvgIpc) is 2.97. The number of para-hydroxylation sites is 1. The second kappa shape index (κ2) is 3.25. The van der Waals surface area contributed by atoms with E-state index in [9.17, 15) is 0 Å². The number of halogens is 1. The molecule has 0 aliphatic heterocycles. The van der Waals surface area contributed by atoms with Crippen LogP contribution in [0, 0.1) is 6.92 Å². The summed E-state index contributed by atoms with van der Waals surface area (Å²) in [5.74, 6) is 0. The van der Waals surface area contributed by atoms with Gasteiger partial charge in [-0.25, -0.2) is 0 Å². The van der Waals surface area contributed by atoms with Crippen LogP contribution in [0.3, 0.4) is 0 Å². The number of aromatic nitrogens is 1. The molecule has 1 aromatic heterocycles. The summed E-state index contributed by atoms with van der Waals surface area (Å²) in [7, 11) is 0. The Labute approximate surface area is 99.8 Å². The van der Waals surface area contributed by atoms with E-state index in [2.05, 4.69) is 18.0 Å². The van der Waals surface area contributed by atoms with E-state index >= 15 is 0 Å². The Kier molecular flexibility index (Phi) is 2.07. The number of aromatic amines is 1. The Hall–Kier alpha value is -0.990. The number of nitrogens with one attached hydrogen (secondary N) is 1. The van der Waals surface area contributed by atoms with E-state index < -0.39 is 0 Å². The molecule has 1 aromatic carbocycles. The number of rotatable bonds is 2. The summed E-state index contributed by atoms with van der Waals surface area (Å²) in [5.41, 5.74) is 9.77. The fourth-order valence-electron chi connectivity index (χ4n) is 2.70. The van der Waals surface area contributed by atoms with Crippen molar-refractivity contribution in [3.63, 3.8) is 0 Å². The van der Waals surface area contributed by atoms with Crippen molar-refractivity contribution < 1.29 is 0 Å². The summed E-state index contributed by atoms with van der Waals surface area (Å²) in [6.07, 6.45) is 2.40. The summed E-state index contributed by atoms with van der Waals surface area (Å²) < 4.78 is 0. The molecular formula is C13H15ClN2. The predicted octanol–water partition coefficient (Wildman–Crippen LogP) is 3.12. The lowest BCUT2D eigenvalue weighted by Crippen LogP contribution is -2.20. The van der Waals surface area contributed by atoms with Crippen LogP contribution in [0.5, 0.6) is 0 Å². The van der Waals surface area contributed by atoms with Crippen molar-refractivity contribution in [2.45, 2.75) is 25.2 Å². The van der Waals surface area contributed by atoms with E-state index in [0.29, 0.717) is 0 Å². The first-order valence-electron chi connectivity index (χ1n) is 5.65. The van der Waals surface area contributed by atoms with Gasteiger partial charge in [-0.3, -0.25) is 0 Å². The largest absolute Gasteiger partial charge is 0.357 e. The Bertz CT molecular complexity index is 552. The summed E-state index contributed by atoms with van der Waals surface area (Å²) in [6.45, 7) is 2.84. The third kappa shape index (κ3) is 1.23. The van der Waals surface area contributed by atoms with Gasteiger partial charge < -0.3 is 10.7 Å². The molecule has 2 aromatic rings. The molecule has 0 spiro atoms. The molecule has 3 heteroatoms. The molecule has 0 saturated heterocycles. The Morgan fingerprint density at radius 2 is 2.19 bits per heavy atom. The number of nitrogens with two attached hydrogens (primary N) is 1. The molecule has 0 amide bonds. The molecule has 0 radical (unpaired) electrons. The van der Waals surface area contributed by atoms with Crippen LogP contribution in [-0.2, 0) is 5.41 Å². The van der Waals surface area contributed by atoms with Crippen molar-refractivity contribution in [1.82, 2.24) is 4.98 Å². The molecule has 1 aliphatic carbocycles. The van der Waals surface area contributed by atoms with Gasteiger partial charge in [-0.15, -0.1) is 0 Å². The molecule has 1 aliphatic rings. The molecule has 2 nitrogen and oxygen atoms in total. The molecule has 0 unspecified atom stereocenters. The van der Waals surface area contributed by atoms with Crippen LogP contribution >= 0.6 is 11.6 Å². The maximum absolute atomic E-state index is 6.19. The number of aryl methyl sites for hydroxylation is 1. The number of H-pyrrole nitrogens is 1. The molecule has 84 valence electrons. The van der Waals surface area contributed by atoms with Gasteiger partial charge in [-0.2, -0.15) is 0 Å². The van der Waals surface area contributed by atoms with Crippen molar-refractivity contribution in [3.8, 4) is 0 Å². The molecule has 0 atom stereocenters. The number of hydrogen-bond acceptors (Lipinski definition) is 1. The van der Waals surface area contributed by atoms with Gasteiger partial charge in [-0.05, 0) is 31.4 Å². The van der Waals surface area contributed by atoms with Crippen molar-refractivity contribution in [2.75, 3.05) is 6.54 Å². The lowest BCUT2D eigenvalue weighted by molar-refractivity contribution is 0.705. The highest BCUT2D eigenvalue weighted by Crippen LogP contribution is 2.51. The summed E-state index contributed by atoms with van der Waals surface area (Å²) in [6, 6.07) is 6.06. The van der Waals surface area contributed by atoms with Gasteiger partial charge in [0.2, 0.25) is 0 Å². The van der Waals surface area contributed by atoms with Gasteiger partial charge >= 0.3 is 0 Å². The first kappa shape index (κ1) is 10.2. The Morgan fingerprint density at radius 1 is 1.44 bits per heavy atom. The first-order chi connectivity index (χ1) is 7.68. The van der Waals surface area contributed by atoms with Gasteiger partial charge in [0.05, 0.1) is 10.5 Å². The minimum absolute atomic E-state index is 0.215. The monoisotopic (exact) mass is 234 g/mol. The van der Waals surface area contributed by atoms with E-state index in [1.54, 1.807) is 0 Å². The quantitative estimate of drug-likeness (QED) is 0.824. The van der Waals surface area contributed by atoms with Gasteiger partial charge in [0.25, 0.3) is 0 Å². The molecule has 0 bridgehead atoms. The van der Waals surface area contributed by atoms with E-state index in [0.717, 1.165) is 17.1 Å². The second-order valence-electron chi connectivity index (χ2n) is 4.77. The molecule has 1 fully saturated rings. The van der Waals surface area contributed by atoms with Crippen LogP contribution in [0.2, 0.25) is 5.02 Å². The van der Waals surface area contributed by atoms with E-state index in [-0.39, 0.29) is 5.41 Å². The normalized spacial score (nSPS) is 17.9. The first-order valence-corrected chi connectivity index (χ1v) is 6.03. The zero-order chi connectivity index (χ0) is 11.3. The van der Waals surface area contributed by atoms with Crippen LogP contribution in [0.4, 0.5) is 0 Å². The van der Waals surface area contributed by atoms with Gasteiger partial charge in [0, 0.05) is 23.0 Å². The molecule has 3 rings (SSSR count). The van der Waals surface area contributed by atoms with E-state index in [1.807, 2.05) is 12.1 Å². The number of hydrogen-bond donors (Lipinski definition) is 2. The second-order valence-corrected chi connectivity index (χ2v) is 5.18. The highest BCUT2D eigenvalue weighted by molar-refractivity contribution is 6.35. The minimum Gasteiger partial charge on any atom is -0.357 e. The standard InChI is InChI=1S/C13H15ClN2/c1-8-11(13(7-15)5-6-13)9-3-2-4-10(14)12(9)16-8/h2-4,16H,5-7,15H2,1H3. The number of benzene rings is 1. The molecule has 1 saturated carbocycles. The fraction of sp³-hybridized carbons (Fsp3) is 0.385. The van der Waals surface area contributed by atoms with E-state index in [1.165, 1.54) is 29.5 Å². The van der Waals surface area contributed by atoms with Crippen molar-refractivity contribution in [1.29, 1.82) is 0 Å². The van der Waals surface area contributed by atoms with Gasteiger partial charge in [-0.1, -0.05) is 23.7 Å². The van der Waals surface area contributed by atoms with E-state index in [4.69, 9.17) is 17.3 Å². The molecule has 16 heavy (non-hydrogen) atoms. The highest BCUT2D eigenvalue weighted by Gasteiger charge is 2.45. The average molecular weight is 235 g/mol. The molecule has 1 heterocycles. The molecule has 3 N–H and O–H groups in total. The topological polar surface area (TPSA) is 41.8 Å². The van der Waals surface area contributed by atoms with Crippen LogP contribution in [0.15, 0.2) is 18.2 Å². The van der Waals surface area contributed by atoms with Crippen molar-refractivity contribution in [3.05, 3.63) is 34.5 Å². The van der Waals surface area contributed by atoms with Crippen LogP contribution in [0.25, 0.3) is 10.9 Å². The summed E-state index contributed by atoms with van der Waals surface area (Å²) in [4.78, 5) is 3.39.